The van der Waals surface area contributed by atoms with Gasteiger partial charge in [-0.05, 0) is 23.8 Å². The van der Waals surface area contributed by atoms with Gasteiger partial charge in [0.1, 0.15) is 5.82 Å². The van der Waals surface area contributed by atoms with Crippen LogP contribution in [-0.2, 0) is 17.5 Å². The topological polar surface area (TPSA) is 65.5 Å². The summed E-state index contributed by atoms with van der Waals surface area (Å²) >= 11 is 6.01. The molecule has 0 atom stereocenters. The van der Waals surface area contributed by atoms with Gasteiger partial charge in [0.15, 0.2) is 0 Å². The number of pyridine rings is 1. The number of aromatic nitrogens is 1. The van der Waals surface area contributed by atoms with E-state index < -0.39 is 11.7 Å². The number of nitrogens with zero attached hydrogens (tertiary/aromatic N) is 3. The molecule has 2 amide bonds. The fourth-order valence-corrected chi connectivity index (χ4v) is 3.40. The predicted molar refractivity (Wildman–Crippen MR) is 106 cm³/mol. The van der Waals surface area contributed by atoms with Gasteiger partial charge in [-0.25, -0.2) is 4.98 Å². The number of carbonyl (C=O) groups is 2. The van der Waals surface area contributed by atoms with Crippen LogP contribution in [0.1, 0.15) is 28.4 Å². The standard InChI is InChI=1S/C20H20ClF3N4O2/c1-13(29)25-11-14-2-4-15(5-3-14)19(30)28-8-6-27(7-9-28)18-17(21)10-16(12-26-18)20(22,23)24/h2-5,10,12H,6-9,11H2,1H3,(H,25,29). The molecule has 1 aromatic carbocycles. The molecule has 0 spiro atoms. The molecule has 1 saturated heterocycles. The molecular weight excluding hydrogens is 421 g/mol. The fraction of sp³-hybridized carbons (Fsp3) is 0.350. The van der Waals surface area contributed by atoms with Crippen LogP contribution in [0.4, 0.5) is 19.0 Å². The third-order valence-corrected chi connectivity index (χ3v) is 5.04. The number of rotatable bonds is 4. The van der Waals surface area contributed by atoms with Crippen molar-refractivity contribution in [2.75, 3.05) is 31.1 Å². The van der Waals surface area contributed by atoms with E-state index in [1.54, 1.807) is 34.1 Å². The summed E-state index contributed by atoms with van der Waals surface area (Å²) in [4.78, 5) is 31.0. The predicted octanol–water partition coefficient (Wildman–Crippen LogP) is 3.35. The summed E-state index contributed by atoms with van der Waals surface area (Å²) in [5.41, 5.74) is 0.516. The number of piperazine rings is 1. The molecule has 160 valence electrons. The van der Waals surface area contributed by atoms with Crippen molar-refractivity contribution in [2.24, 2.45) is 0 Å². The van der Waals surface area contributed by atoms with E-state index in [9.17, 15) is 22.8 Å². The van der Waals surface area contributed by atoms with E-state index in [-0.39, 0.29) is 22.7 Å². The molecule has 10 heteroatoms. The number of hydrogen-bond donors (Lipinski definition) is 1. The summed E-state index contributed by atoms with van der Waals surface area (Å²) in [5, 5.41) is 2.62. The molecule has 2 heterocycles. The normalized spacial score (nSPS) is 14.6. The lowest BCUT2D eigenvalue weighted by atomic mass is 10.1. The van der Waals surface area contributed by atoms with Gasteiger partial charge < -0.3 is 15.1 Å². The molecule has 6 nitrogen and oxygen atoms in total. The highest BCUT2D eigenvalue weighted by Gasteiger charge is 2.32. The van der Waals surface area contributed by atoms with Crippen LogP contribution in [0, 0.1) is 0 Å². The molecule has 0 aliphatic carbocycles. The van der Waals surface area contributed by atoms with Crippen LogP contribution in [0.15, 0.2) is 36.5 Å². The van der Waals surface area contributed by atoms with Crippen molar-refractivity contribution in [1.82, 2.24) is 15.2 Å². The van der Waals surface area contributed by atoms with Gasteiger partial charge in [0.05, 0.1) is 10.6 Å². The van der Waals surface area contributed by atoms with Crippen molar-refractivity contribution >= 4 is 29.2 Å². The molecule has 2 aromatic rings. The smallest absolute Gasteiger partial charge is 0.352 e. The Labute approximate surface area is 176 Å². The van der Waals surface area contributed by atoms with E-state index in [4.69, 9.17) is 11.6 Å². The van der Waals surface area contributed by atoms with Gasteiger partial charge in [-0.15, -0.1) is 0 Å². The van der Waals surface area contributed by atoms with Gasteiger partial charge in [-0.1, -0.05) is 23.7 Å². The van der Waals surface area contributed by atoms with Gasteiger partial charge in [0.25, 0.3) is 5.91 Å². The lowest BCUT2D eigenvalue weighted by Crippen LogP contribution is -2.49. The first-order valence-corrected chi connectivity index (χ1v) is 9.63. The lowest BCUT2D eigenvalue weighted by Gasteiger charge is -2.35. The Balaban J connectivity index is 1.60. The molecule has 0 saturated carbocycles. The van der Waals surface area contributed by atoms with Crippen molar-refractivity contribution < 1.29 is 22.8 Å². The highest BCUT2D eigenvalue weighted by molar-refractivity contribution is 6.33. The minimum atomic E-state index is -4.50. The van der Waals surface area contributed by atoms with Gasteiger partial charge in [-0.3, -0.25) is 9.59 Å². The second-order valence-corrected chi connectivity index (χ2v) is 7.32. The third kappa shape index (κ3) is 5.21. The fourth-order valence-electron chi connectivity index (χ4n) is 3.11. The second kappa shape index (κ2) is 8.91. The Morgan fingerprint density at radius 1 is 1.13 bits per heavy atom. The van der Waals surface area contributed by atoms with Crippen LogP contribution in [0.3, 0.4) is 0 Å². The van der Waals surface area contributed by atoms with Crippen LogP contribution in [-0.4, -0.2) is 47.9 Å². The Morgan fingerprint density at radius 3 is 2.30 bits per heavy atom. The number of benzene rings is 1. The Bertz CT molecular complexity index is 927. The molecule has 30 heavy (non-hydrogen) atoms. The van der Waals surface area contributed by atoms with E-state index >= 15 is 0 Å². The molecule has 1 fully saturated rings. The van der Waals surface area contributed by atoms with Crippen molar-refractivity contribution in [2.45, 2.75) is 19.6 Å². The van der Waals surface area contributed by atoms with Crippen molar-refractivity contribution in [3.63, 3.8) is 0 Å². The highest BCUT2D eigenvalue weighted by atomic mass is 35.5. The molecule has 0 bridgehead atoms. The molecule has 0 unspecified atom stereocenters. The van der Waals surface area contributed by atoms with Gasteiger partial charge in [0, 0.05) is 51.4 Å². The summed E-state index contributed by atoms with van der Waals surface area (Å²) in [7, 11) is 0. The summed E-state index contributed by atoms with van der Waals surface area (Å²) in [6.45, 7) is 3.43. The quantitative estimate of drug-likeness (QED) is 0.792. The van der Waals surface area contributed by atoms with E-state index in [0.29, 0.717) is 38.3 Å². The minimum absolute atomic E-state index is 0.0700. The number of carbonyl (C=O) groups excluding carboxylic acids is 2. The second-order valence-electron chi connectivity index (χ2n) is 6.91. The molecule has 1 aromatic heterocycles. The van der Waals surface area contributed by atoms with Gasteiger partial charge in [0.2, 0.25) is 5.91 Å². The molecule has 0 radical (unpaired) electrons. The van der Waals surface area contributed by atoms with Crippen molar-refractivity contribution in [3.8, 4) is 0 Å². The van der Waals surface area contributed by atoms with Crippen molar-refractivity contribution in [3.05, 3.63) is 58.2 Å². The SMILES string of the molecule is CC(=O)NCc1ccc(C(=O)N2CCN(c3ncc(C(F)(F)F)cc3Cl)CC2)cc1. The van der Waals surface area contributed by atoms with Gasteiger partial charge in [-0.2, -0.15) is 13.2 Å². The molecular formula is C20H20ClF3N4O2. The number of halogens is 4. The molecule has 1 aliphatic rings. The number of anilines is 1. The number of amides is 2. The zero-order chi connectivity index (χ0) is 21.9. The van der Waals surface area contributed by atoms with Crippen LogP contribution in [0.25, 0.3) is 0 Å². The van der Waals surface area contributed by atoms with Crippen molar-refractivity contribution in [1.29, 1.82) is 0 Å². The largest absolute Gasteiger partial charge is 0.417 e. The highest BCUT2D eigenvalue weighted by Crippen LogP contribution is 2.33. The first kappa shape index (κ1) is 21.9. The average Bonchev–Trinajstić information content (AvgIpc) is 2.71. The van der Waals surface area contributed by atoms with Crippen LogP contribution < -0.4 is 10.2 Å². The molecule has 1 aliphatic heterocycles. The number of alkyl halides is 3. The summed E-state index contributed by atoms with van der Waals surface area (Å²) in [5.74, 6) is 0.0157. The van der Waals surface area contributed by atoms with Gasteiger partial charge >= 0.3 is 6.18 Å². The monoisotopic (exact) mass is 440 g/mol. The maximum Gasteiger partial charge on any atom is 0.417 e. The van der Waals surface area contributed by atoms with Crippen LogP contribution in [0.2, 0.25) is 5.02 Å². The first-order chi connectivity index (χ1) is 14.1. The van der Waals surface area contributed by atoms with Crippen LogP contribution in [0.5, 0.6) is 0 Å². The Hall–Kier alpha value is -2.81. The maximum atomic E-state index is 12.8. The third-order valence-electron chi connectivity index (χ3n) is 4.76. The number of nitrogens with one attached hydrogen (secondary N) is 1. The Kier molecular flexibility index (Phi) is 6.50. The molecule has 3 rings (SSSR count). The van der Waals surface area contributed by atoms with E-state index in [0.717, 1.165) is 17.8 Å². The molecule has 1 N–H and O–H groups in total. The summed E-state index contributed by atoms with van der Waals surface area (Å²) in [6.07, 6.45) is -3.74. The first-order valence-electron chi connectivity index (χ1n) is 9.25. The average molecular weight is 441 g/mol. The van der Waals surface area contributed by atoms with E-state index in [1.165, 1.54) is 6.92 Å². The Morgan fingerprint density at radius 2 is 1.77 bits per heavy atom. The maximum absolute atomic E-state index is 12.8. The van der Waals surface area contributed by atoms with Crippen LogP contribution >= 0.6 is 11.6 Å². The zero-order valence-corrected chi connectivity index (χ0v) is 16.9. The van der Waals surface area contributed by atoms with E-state index in [1.807, 2.05) is 0 Å². The lowest BCUT2D eigenvalue weighted by molar-refractivity contribution is -0.137. The summed E-state index contributed by atoms with van der Waals surface area (Å²) in [6, 6.07) is 7.85. The number of hydrogen-bond acceptors (Lipinski definition) is 4. The minimum Gasteiger partial charge on any atom is -0.352 e. The summed E-state index contributed by atoms with van der Waals surface area (Å²) < 4.78 is 38.3. The van der Waals surface area contributed by atoms with E-state index in [2.05, 4.69) is 10.3 Å². The zero-order valence-electron chi connectivity index (χ0n) is 16.2.